The molecule has 0 fully saturated rings. The van der Waals surface area contributed by atoms with Crippen LogP contribution in [0.5, 0.6) is 5.75 Å². The maximum atomic E-state index is 12.5. The van der Waals surface area contributed by atoms with E-state index < -0.39 is 0 Å². The van der Waals surface area contributed by atoms with Gasteiger partial charge in [-0.15, -0.1) is 0 Å². The molecule has 0 atom stereocenters. The van der Waals surface area contributed by atoms with Crippen LogP contribution < -0.4 is 0 Å². The molecule has 0 amide bonds. The molecule has 0 saturated heterocycles. The third kappa shape index (κ3) is 4.59. The maximum Gasteiger partial charge on any atom is 0.159 e. The van der Waals surface area contributed by atoms with Gasteiger partial charge >= 0.3 is 0 Å². The van der Waals surface area contributed by atoms with E-state index >= 15 is 0 Å². The first kappa shape index (κ1) is 20.8. The Labute approximate surface area is 163 Å². The summed E-state index contributed by atoms with van der Waals surface area (Å²) in [4.78, 5) is 12.5. The van der Waals surface area contributed by atoms with E-state index in [0.29, 0.717) is 30.0 Å². The Bertz CT molecular complexity index is 748. The molecule has 0 spiro atoms. The number of ketones is 1. The second kappa shape index (κ2) is 7.23. The molecule has 0 saturated carbocycles. The molecular formula is C23H31ClO2. The fraction of sp³-hybridized carbons (Fsp3) is 0.522. The van der Waals surface area contributed by atoms with Crippen LogP contribution in [0.4, 0.5) is 0 Å². The van der Waals surface area contributed by atoms with Gasteiger partial charge in [0.05, 0.1) is 0 Å². The number of halogens is 1. The van der Waals surface area contributed by atoms with E-state index in [9.17, 15) is 9.90 Å². The third-order valence-electron chi connectivity index (χ3n) is 4.95. The number of allylic oxidation sites excluding steroid dienone is 4. The molecule has 0 aromatic heterocycles. The molecule has 2 nitrogen and oxygen atoms in total. The standard InChI is InChI=1S/C23H31ClO2/c1-14-10-16(13-19(14)24)20(25)9-8-15-11-17(22(2,3)4)21(26)18(12-15)23(5,6)7/h11-13,26H,8-10H2,1-7H3. The molecule has 26 heavy (non-hydrogen) atoms. The lowest BCUT2D eigenvalue weighted by atomic mass is 9.78. The summed E-state index contributed by atoms with van der Waals surface area (Å²) in [5, 5.41) is 11.5. The van der Waals surface area contributed by atoms with Gasteiger partial charge in [0.1, 0.15) is 5.75 Å². The minimum atomic E-state index is -0.160. The van der Waals surface area contributed by atoms with Crippen LogP contribution in [0, 0.1) is 0 Å². The predicted molar refractivity (Wildman–Crippen MR) is 110 cm³/mol. The van der Waals surface area contributed by atoms with Gasteiger partial charge in [-0.1, -0.05) is 70.8 Å². The van der Waals surface area contributed by atoms with Crippen LogP contribution in [0.1, 0.15) is 78.0 Å². The average Bonchev–Trinajstić information content (AvgIpc) is 2.83. The highest BCUT2D eigenvalue weighted by Crippen LogP contribution is 2.40. The van der Waals surface area contributed by atoms with Crippen molar-refractivity contribution < 1.29 is 9.90 Å². The second-order valence-corrected chi connectivity index (χ2v) is 9.84. The highest BCUT2D eigenvalue weighted by atomic mass is 35.5. The van der Waals surface area contributed by atoms with Gasteiger partial charge in [0.2, 0.25) is 0 Å². The molecule has 1 N–H and O–H groups in total. The number of aromatic hydroxyl groups is 1. The lowest BCUT2D eigenvalue weighted by molar-refractivity contribution is -0.115. The molecule has 142 valence electrons. The van der Waals surface area contributed by atoms with E-state index in [1.54, 1.807) is 6.08 Å². The van der Waals surface area contributed by atoms with E-state index in [1.807, 2.05) is 6.92 Å². The fourth-order valence-electron chi connectivity index (χ4n) is 3.28. The van der Waals surface area contributed by atoms with Gasteiger partial charge in [-0.25, -0.2) is 0 Å². The summed E-state index contributed by atoms with van der Waals surface area (Å²) in [7, 11) is 0. The van der Waals surface area contributed by atoms with Crippen molar-refractivity contribution in [3.63, 3.8) is 0 Å². The van der Waals surface area contributed by atoms with E-state index in [1.165, 1.54) is 0 Å². The number of carbonyl (C=O) groups excluding carboxylic acids is 1. The van der Waals surface area contributed by atoms with Crippen LogP contribution in [0.3, 0.4) is 0 Å². The van der Waals surface area contributed by atoms with E-state index in [4.69, 9.17) is 11.6 Å². The quantitative estimate of drug-likeness (QED) is 0.668. The van der Waals surface area contributed by atoms with Crippen LogP contribution in [0.2, 0.25) is 0 Å². The number of Topliss-reactive ketones (excluding diaryl/α,β-unsaturated/α-hetero) is 1. The van der Waals surface area contributed by atoms with Gasteiger partial charge in [-0.2, -0.15) is 0 Å². The number of aryl methyl sites for hydroxylation is 1. The first-order chi connectivity index (χ1) is 11.8. The Balaban J connectivity index is 2.27. The lowest BCUT2D eigenvalue weighted by Gasteiger charge is -2.28. The number of phenolic OH excluding ortho intramolecular Hbond substituents is 1. The summed E-state index contributed by atoms with van der Waals surface area (Å²) in [5.41, 5.74) is 4.52. The summed E-state index contributed by atoms with van der Waals surface area (Å²) in [6.07, 6.45) is 3.59. The zero-order chi connectivity index (χ0) is 19.9. The number of benzene rings is 1. The number of hydrogen-bond donors (Lipinski definition) is 1. The Kier molecular flexibility index (Phi) is 5.77. The molecule has 0 radical (unpaired) electrons. The Morgan fingerprint density at radius 3 is 1.96 bits per heavy atom. The zero-order valence-corrected chi connectivity index (χ0v) is 17.8. The van der Waals surface area contributed by atoms with Crippen molar-refractivity contribution in [1.82, 2.24) is 0 Å². The third-order valence-corrected chi connectivity index (χ3v) is 5.38. The molecule has 0 bridgehead atoms. The van der Waals surface area contributed by atoms with Crippen molar-refractivity contribution in [2.45, 2.75) is 78.6 Å². The minimum Gasteiger partial charge on any atom is -0.507 e. The Morgan fingerprint density at radius 1 is 1.08 bits per heavy atom. The number of hydrogen-bond acceptors (Lipinski definition) is 2. The Morgan fingerprint density at radius 2 is 1.58 bits per heavy atom. The summed E-state index contributed by atoms with van der Waals surface area (Å²) >= 11 is 6.10. The van der Waals surface area contributed by atoms with Gasteiger partial charge in [0.25, 0.3) is 0 Å². The van der Waals surface area contributed by atoms with Gasteiger partial charge in [0, 0.05) is 17.0 Å². The predicted octanol–water partition coefficient (Wildman–Crippen LogP) is 6.33. The van der Waals surface area contributed by atoms with E-state index in [2.05, 4.69) is 53.7 Å². The largest absolute Gasteiger partial charge is 0.507 e. The van der Waals surface area contributed by atoms with Crippen LogP contribution >= 0.6 is 11.6 Å². The van der Waals surface area contributed by atoms with Crippen molar-refractivity contribution in [2.24, 2.45) is 0 Å². The molecule has 0 aliphatic heterocycles. The number of rotatable bonds is 4. The minimum absolute atomic E-state index is 0.155. The van der Waals surface area contributed by atoms with Crippen LogP contribution in [-0.2, 0) is 22.0 Å². The van der Waals surface area contributed by atoms with Crippen LogP contribution in [-0.4, -0.2) is 10.9 Å². The molecular weight excluding hydrogens is 344 g/mol. The molecule has 1 aliphatic carbocycles. The van der Waals surface area contributed by atoms with Crippen molar-refractivity contribution in [2.75, 3.05) is 0 Å². The van der Waals surface area contributed by atoms with Gasteiger partial charge in [0.15, 0.2) is 5.78 Å². The van der Waals surface area contributed by atoms with E-state index in [-0.39, 0.29) is 16.6 Å². The normalized spacial score (nSPS) is 15.5. The smallest absolute Gasteiger partial charge is 0.159 e. The van der Waals surface area contributed by atoms with Crippen molar-refractivity contribution >= 4 is 17.4 Å². The van der Waals surface area contributed by atoms with Gasteiger partial charge in [-0.3, -0.25) is 4.79 Å². The van der Waals surface area contributed by atoms with Gasteiger partial charge < -0.3 is 5.11 Å². The molecule has 1 aromatic carbocycles. The topological polar surface area (TPSA) is 37.3 Å². The monoisotopic (exact) mass is 374 g/mol. The molecule has 2 rings (SSSR count). The molecule has 0 unspecified atom stereocenters. The van der Waals surface area contributed by atoms with Crippen LogP contribution in [0.15, 0.2) is 34.4 Å². The summed E-state index contributed by atoms with van der Waals surface area (Å²) in [5.74, 6) is 0.535. The highest BCUT2D eigenvalue weighted by molar-refractivity contribution is 6.32. The lowest BCUT2D eigenvalue weighted by Crippen LogP contribution is -2.18. The van der Waals surface area contributed by atoms with Crippen molar-refractivity contribution in [3.8, 4) is 5.75 Å². The maximum absolute atomic E-state index is 12.5. The molecule has 0 heterocycles. The average molecular weight is 375 g/mol. The first-order valence-electron chi connectivity index (χ1n) is 9.26. The number of phenols is 1. The summed E-state index contributed by atoms with van der Waals surface area (Å²) < 4.78 is 0. The van der Waals surface area contributed by atoms with Crippen LogP contribution in [0.25, 0.3) is 0 Å². The molecule has 1 aromatic rings. The number of carbonyl (C=O) groups is 1. The van der Waals surface area contributed by atoms with Gasteiger partial charge in [-0.05, 0) is 53.4 Å². The SMILES string of the molecule is CC1=C(Cl)C=C(C(=O)CCc2cc(C(C)(C)C)c(O)c(C(C)(C)C)c2)C1. The Hall–Kier alpha value is -1.54. The first-order valence-corrected chi connectivity index (χ1v) is 9.64. The molecule has 1 aliphatic rings. The highest BCUT2D eigenvalue weighted by Gasteiger charge is 2.26. The van der Waals surface area contributed by atoms with Crippen molar-refractivity contribution in [3.05, 3.63) is 51.1 Å². The fourth-order valence-corrected chi connectivity index (χ4v) is 3.48. The summed E-state index contributed by atoms with van der Waals surface area (Å²) in [6, 6.07) is 4.11. The second-order valence-electron chi connectivity index (χ2n) is 9.44. The molecule has 3 heteroatoms. The van der Waals surface area contributed by atoms with Crippen molar-refractivity contribution in [1.29, 1.82) is 0 Å². The van der Waals surface area contributed by atoms with E-state index in [0.717, 1.165) is 27.8 Å². The zero-order valence-electron chi connectivity index (χ0n) is 17.1. The summed E-state index contributed by atoms with van der Waals surface area (Å²) in [6.45, 7) is 14.6.